The molecular weight excluding hydrogens is 186 g/mol. The van der Waals surface area contributed by atoms with Crippen LogP contribution in [-0.2, 0) is 6.54 Å². The van der Waals surface area contributed by atoms with Crippen LogP contribution >= 0.6 is 0 Å². The van der Waals surface area contributed by atoms with Crippen LogP contribution in [0.25, 0.3) is 0 Å². The largest absolute Gasteiger partial charge is 0.322 e. The number of nitrogens with zero attached hydrogens (tertiary/aromatic N) is 2. The first-order valence-corrected chi connectivity index (χ1v) is 5.06. The van der Waals surface area contributed by atoms with Crippen molar-refractivity contribution in [2.24, 2.45) is 5.73 Å². The molecule has 2 rings (SSSR count). The number of hydrogen-bond donors (Lipinski definition) is 1. The van der Waals surface area contributed by atoms with E-state index in [-0.39, 0.29) is 6.04 Å². The lowest BCUT2D eigenvalue weighted by molar-refractivity contribution is 0.526. The number of aryl methyl sites for hydroxylation is 1. The second kappa shape index (κ2) is 4.28. The van der Waals surface area contributed by atoms with Crippen LogP contribution in [-0.4, -0.2) is 9.78 Å². The zero-order valence-electron chi connectivity index (χ0n) is 8.80. The van der Waals surface area contributed by atoms with E-state index in [1.54, 1.807) is 6.20 Å². The Labute approximate surface area is 89.5 Å². The molecule has 15 heavy (non-hydrogen) atoms. The van der Waals surface area contributed by atoms with Crippen LogP contribution in [0.5, 0.6) is 0 Å². The summed E-state index contributed by atoms with van der Waals surface area (Å²) in [4.78, 5) is 0. The lowest BCUT2D eigenvalue weighted by Gasteiger charge is -2.14. The standard InChI is InChI=1S/C12H15N3/c1-10-5-2-3-6-11(10)12(13)9-15-8-4-7-14-15/h2-8,12H,9,13H2,1H3. The van der Waals surface area contributed by atoms with Gasteiger partial charge in [-0.1, -0.05) is 24.3 Å². The van der Waals surface area contributed by atoms with Crippen LogP contribution in [0, 0.1) is 6.92 Å². The highest BCUT2D eigenvalue weighted by atomic mass is 15.3. The van der Waals surface area contributed by atoms with Gasteiger partial charge in [0.05, 0.1) is 6.54 Å². The van der Waals surface area contributed by atoms with Gasteiger partial charge < -0.3 is 5.73 Å². The Morgan fingerprint density at radius 3 is 2.80 bits per heavy atom. The third-order valence-corrected chi connectivity index (χ3v) is 2.53. The van der Waals surface area contributed by atoms with Gasteiger partial charge in [-0.3, -0.25) is 4.68 Å². The molecule has 3 heteroatoms. The molecule has 0 saturated carbocycles. The van der Waals surface area contributed by atoms with E-state index in [0.29, 0.717) is 0 Å². The Morgan fingerprint density at radius 1 is 1.33 bits per heavy atom. The van der Waals surface area contributed by atoms with Crippen LogP contribution < -0.4 is 5.73 Å². The quantitative estimate of drug-likeness (QED) is 0.824. The number of rotatable bonds is 3. The van der Waals surface area contributed by atoms with Gasteiger partial charge in [0.2, 0.25) is 0 Å². The smallest absolute Gasteiger partial charge is 0.0602 e. The molecule has 2 aromatic rings. The summed E-state index contributed by atoms with van der Waals surface area (Å²) in [5, 5.41) is 4.15. The molecule has 0 bridgehead atoms. The van der Waals surface area contributed by atoms with Crippen LogP contribution in [0.3, 0.4) is 0 Å². The predicted octanol–water partition coefficient (Wildman–Crippen LogP) is 1.89. The van der Waals surface area contributed by atoms with Crippen molar-refractivity contribution in [1.82, 2.24) is 9.78 Å². The summed E-state index contributed by atoms with van der Waals surface area (Å²) in [7, 11) is 0. The average molecular weight is 201 g/mol. The zero-order valence-corrected chi connectivity index (χ0v) is 8.80. The molecule has 0 aliphatic carbocycles. The maximum Gasteiger partial charge on any atom is 0.0602 e. The summed E-state index contributed by atoms with van der Waals surface area (Å²) in [6.07, 6.45) is 3.70. The Balaban J connectivity index is 2.15. The monoisotopic (exact) mass is 201 g/mol. The van der Waals surface area contributed by atoms with Crippen LogP contribution in [0.1, 0.15) is 17.2 Å². The van der Waals surface area contributed by atoms with Gasteiger partial charge in [-0.2, -0.15) is 5.10 Å². The van der Waals surface area contributed by atoms with Crippen molar-refractivity contribution in [2.45, 2.75) is 19.5 Å². The van der Waals surface area contributed by atoms with Crippen molar-refractivity contribution in [3.8, 4) is 0 Å². The molecule has 1 aromatic heterocycles. The number of nitrogens with two attached hydrogens (primary N) is 1. The van der Waals surface area contributed by atoms with E-state index in [2.05, 4.69) is 24.2 Å². The topological polar surface area (TPSA) is 43.8 Å². The van der Waals surface area contributed by atoms with Crippen molar-refractivity contribution in [3.05, 3.63) is 53.9 Å². The molecule has 1 atom stereocenters. The molecular formula is C12H15N3. The van der Waals surface area contributed by atoms with E-state index in [0.717, 1.165) is 6.54 Å². The fourth-order valence-electron chi connectivity index (χ4n) is 1.71. The number of aromatic nitrogens is 2. The lowest BCUT2D eigenvalue weighted by Crippen LogP contribution is -2.18. The van der Waals surface area contributed by atoms with E-state index < -0.39 is 0 Å². The predicted molar refractivity (Wildman–Crippen MR) is 60.3 cm³/mol. The summed E-state index contributed by atoms with van der Waals surface area (Å²) in [5.41, 5.74) is 8.55. The van der Waals surface area contributed by atoms with E-state index in [1.165, 1.54) is 11.1 Å². The van der Waals surface area contributed by atoms with Gasteiger partial charge >= 0.3 is 0 Å². The lowest BCUT2D eigenvalue weighted by atomic mass is 10.0. The highest BCUT2D eigenvalue weighted by molar-refractivity contribution is 5.28. The van der Waals surface area contributed by atoms with Crippen molar-refractivity contribution in [1.29, 1.82) is 0 Å². The van der Waals surface area contributed by atoms with Gasteiger partial charge in [0, 0.05) is 18.4 Å². The summed E-state index contributed by atoms with van der Waals surface area (Å²) in [6, 6.07) is 10.1. The summed E-state index contributed by atoms with van der Waals surface area (Å²) in [5.74, 6) is 0. The Morgan fingerprint density at radius 2 is 2.13 bits per heavy atom. The maximum absolute atomic E-state index is 6.13. The fraction of sp³-hybridized carbons (Fsp3) is 0.250. The first-order valence-electron chi connectivity index (χ1n) is 5.06. The third-order valence-electron chi connectivity index (χ3n) is 2.53. The molecule has 0 spiro atoms. The van der Waals surface area contributed by atoms with Crippen molar-refractivity contribution in [3.63, 3.8) is 0 Å². The molecule has 0 amide bonds. The van der Waals surface area contributed by atoms with Crippen molar-refractivity contribution in [2.75, 3.05) is 0 Å². The minimum absolute atomic E-state index is 0.00565. The summed E-state index contributed by atoms with van der Waals surface area (Å²) >= 11 is 0. The van der Waals surface area contributed by atoms with Crippen molar-refractivity contribution >= 4 is 0 Å². The van der Waals surface area contributed by atoms with Gasteiger partial charge in [-0.15, -0.1) is 0 Å². The van der Waals surface area contributed by atoms with Gasteiger partial charge in [0.1, 0.15) is 0 Å². The molecule has 0 aliphatic heterocycles. The number of benzene rings is 1. The van der Waals surface area contributed by atoms with E-state index in [9.17, 15) is 0 Å². The molecule has 3 nitrogen and oxygen atoms in total. The first kappa shape index (κ1) is 9.93. The van der Waals surface area contributed by atoms with Gasteiger partial charge in [0.15, 0.2) is 0 Å². The summed E-state index contributed by atoms with van der Waals surface area (Å²) < 4.78 is 1.86. The van der Waals surface area contributed by atoms with E-state index >= 15 is 0 Å². The van der Waals surface area contributed by atoms with Gasteiger partial charge in [-0.25, -0.2) is 0 Å². The molecule has 1 unspecified atom stereocenters. The normalized spacial score (nSPS) is 12.7. The van der Waals surface area contributed by atoms with Gasteiger partial charge in [-0.05, 0) is 24.1 Å². The highest BCUT2D eigenvalue weighted by Crippen LogP contribution is 2.16. The van der Waals surface area contributed by atoms with E-state index in [1.807, 2.05) is 29.1 Å². The fourth-order valence-corrected chi connectivity index (χ4v) is 1.71. The maximum atomic E-state index is 6.13. The average Bonchev–Trinajstić information content (AvgIpc) is 2.71. The van der Waals surface area contributed by atoms with Gasteiger partial charge in [0.25, 0.3) is 0 Å². The van der Waals surface area contributed by atoms with E-state index in [4.69, 9.17) is 5.73 Å². The third kappa shape index (κ3) is 2.25. The first-order chi connectivity index (χ1) is 7.27. The summed E-state index contributed by atoms with van der Waals surface area (Å²) in [6.45, 7) is 2.80. The minimum Gasteiger partial charge on any atom is -0.322 e. The Hall–Kier alpha value is -1.61. The Bertz CT molecular complexity index is 420. The second-order valence-electron chi connectivity index (χ2n) is 3.69. The van der Waals surface area contributed by atoms with Crippen LogP contribution in [0.2, 0.25) is 0 Å². The zero-order chi connectivity index (χ0) is 10.7. The molecule has 0 saturated heterocycles. The molecule has 0 aliphatic rings. The molecule has 78 valence electrons. The Kier molecular flexibility index (Phi) is 2.83. The van der Waals surface area contributed by atoms with Crippen LogP contribution in [0.4, 0.5) is 0 Å². The van der Waals surface area contributed by atoms with Crippen molar-refractivity contribution < 1.29 is 0 Å². The molecule has 1 heterocycles. The molecule has 2 N–H and O–H groups in total. The SMILES string of the molecule is Cc1ccccc1C(N)Cn1cccn1. The number of hydrogen-bond acceptors (Lipinski definition) is 2. The molecule has 1 aromatic carbocycles. The second-order valence-corrected chi connectivity index (χ2v) is 3.69. The molecule has 0 fully saturated rings. The molecule has 0 radical (unpaired) electrons. The highest BCUT2D eigenvalue weighted by Gasteiger charge is 2.08. The minimum atomic E-state index is 0.00565. The van der Waals surface area contributed by atoms with Crippen LogP contribution in [0.15, 0.2) is 42.7 Å².